The van der Waals surface area contributed by atoms with Crippen LogP contribution in [0.25, 0.3) is 0 Å². The quantitative estimate of drug-likeness (QED) is 0.793. The van der Waals surface area contributed by atoms with E-state index in [0.29, 0.717) is 18.8 Å². The molecule has 3 N–H and O–H groups in total. The molecule has 0 bridgehead atoms. The van der Waals surface area contributed by atoms with Crippen LogP contribution in [0, 0.1) is 12.3 Å². The van der Waals surface area contributed by atoms with E-state index in [1.165, 1.54) is 0 Å². The summed E-state index contributed by atoms with van der Waals surface area (Å²) in [5.41, 5.74) is 6.90. The number of rotatable bonds is 4. The fourth-order valence-electron chi connectivity index (χ4n) is 1.50. The molecule has 90 valence electrons. The second-order valence-corrected chi connectivity index (χ2v) is 4.97. The molecule has 0 saturated carbocycles. The third-order valence-electron chi connectivity index (χ3n) is 2.49. The van der Waals surface area contributed by atoms with Gasteiger partial charge < -0.3 is 10.6 Å². The van der Waals surface area contributed by atoms with Crippen LogP contribution < -0.4 is 5.73 Å². The van der Waals surface area contributed by atoms with Crippen LogP contribution in [0.3, 0.4) is 0 Å². The van der Waals surface area contributed by atoms with Gasteiger partial charge in [0.25, 0.3) is 5.91 Å². The van der Waals surface area contributed by atoms with Crippen LogP contribution in [-0.4, -0.2) is 41.1 Å². The molecule has 0 aliphatic carbocycles. The van der Waals surface area contributed by atoms with E-state index in [1.807, 2.05) is 20.8 Å². The van der Waals surface area contributed by atoms with Crippen molar-refractivity contribution in [1.29, 1.82) is 0 Å². The van der Waals surface area contributed by atoms with Crippen molar-refractivity contribution in [3.63, 3.8) is 0 Å². The first-order valence-electron chi connectivity index (χ1n) is 5.33. The minimum Gasteiger partial charge on any atom is -0.340 e. The summed E-state index contributed by atoms with van der Waals surface area (Å²) in [5.74, 6) is -0.0779. The van der Waals surface area contributed by atoms with E-state index in [4.69, 9.17) is 5.73 Å². The van der Waals surface area contributed by atoms with Crippen LogP contribution in [0.1, 0.15) is 30.0 Å². The Morgan fingerprint density at radius 3 is 2.69 bits per heavy atom. The number of hydrogen-bond donors (Lipinski definition) is 2. The molecule has 0 aliphatic rings. The molecule has 1 rings (SSSR count). The molecule has 1 amide bonds. The molecule has 0 aliphatic heterocycles. The molecule has 1 aromatic rings. The lowest BCUT2D eigenvalue weighted by Gasteiger charge is -2.28. The molecule has 1 heterocycles. The molecule has 5 heteroatoms. The normalized spacial score (nSPS) is 11.6. The first-order chi connectivity index (χ1) is 7.35. The third kappa shape index (κ3) is 3.06. The van der Waals surface area contributed by atoms with Gasteiger partial charge in [-0.2, -0.15) is 5.10 Å². The largest absolute Gasteiger partial charge is 0.340 e. The van der Waals surface area contributed by atoms with Gasteiger partial charge in [0.05, 0.1) is 0 Å². The molecule has 5 nitrogen and oxygen atoms in total. The summed E-state index contributed by atoms with van der Waals surface area (Å²) in [6.07, 6.45) is 0. The smallest absolute Gasteiger partial charge is 0.274 e. The summed E-state index contributed by atoms with van der Waals surface area (Å²) < 4.78 is 0. The molecular formula is C11H20N4O. The highest BCUT2D eigenvalue weighted by Crippen LogP contribution is 2.15. The Morgan fingerprint density at radius 1 is 1.62 bits per heavy atom. The summed E-state index contributed by atoms with van der Waals surface area (Å²) >= 11 is 0. The van der Waals surface area contributed by atoms with Crippen molar-refractivity contribution in [1.82, 2.24) is 15.1 Å². The highest BCUT2D eigenvalue weighted by Gasteiger charge is 2.22. The van der Waals surface area contributed by atoms with Gasteiger partial charge in [-0.25, -0.2) is 0 Å². The van der Waals surface area contributed by atoms with Crippen LogP contribution in [0.4, 0.5) is 0 Å². The number of H-pyrrole nitrogens is 1. The van der Waals surface area contributed by atoms with Gasteiger partial charge in [-0.05, 0) is 24.9 Å². The molecule has 16 heavy (non-hydrogen) atoms. The molecule has 0 unspecified atom stereocenters. The standard InChI is InChI=1S/C11H20N4O/c1-8-5-9(14-13-8)10(16)15(4)7-11(2,3)6-12/h5H,6-7,12H2,1-4H3,(H,13,14). The zero-order valence-electron chi connectivity index (χ0n) is 10.4. The van der Waals surface area contributed by atoms with Crippen LogP contribution in [0.5, 0.6) is 0 Å². The number of aryl methyl sites for hydroxylation is 1. The van der Waals surface area contributed by atoms with Crippen LogP contribution in [0.15, 0.2) is 6.07 Å². The topological polar surface area (TPSA) is 75.0 Å². The van der Waals surface area contributed by atoms with E-state index in [1.54, 1.807) is 18.0 Å². The molecule has 0 radical (unpaired) electrons. The van der Waals surface area contributed by atoms with E-state index < -0.39 is 0 Å². The Balaban J connectivity index is 2.68. The fourth-order valence-corrected chi connectivity index (χ4v) is 1.50. The number of hydrogen-bond acceptors (Lipinski definition) is 3. The summed E-state index contributed by atoms with van der Waals surface area (Å²) in [5, 5.41) is 6.70. The SMILES string of the molecule is Cc1cc(C(=O)N(C)CC(C)(C)CN)n[nH]1. The van der Waals surface area contributed by atoms with E-state index in [-0.39, 0.29) is 11.3 Å². The summed E-state index contributed by atoms with van der Waals surface area (Å²) in [6.45, 7) is 7.10. The number of nitrogens with two attached hydrogens (primary N) is 1. The fraction of sp³-hybridized carbons (Fsp3) is 0.636. The lowest BCUT2D eigenvalue weighted by Crippen LogP contribution is -2.39. The predicted molar refractivity (Wildman–Crippen MR) is 63.1 cm³/mol. The van der Waals surface area contributed by atoms with E-state index in [9.17, 15) is 4.79 Å². The van der Waals surface area contributed by atoms with Crippen LogP contribution in [-0.2, 0) is 0 Å². The van der Waals surface area contributed by atoms with Crippen LogP contribution >= 0.6 is 0 Å². The highest BCUT2D eigenvalue weighted by molar-refractivity contribution is 5.92. The highest BCUT2D eigenvalue weighted by atomic mass is 16.2. The maximum absolute atomic E-state index is 12.0. The molecule has 0 aromatic carbocycles. The number of amides is 1. The lowest BCUT2D eigenvalue weighted by atomic mass is 9.93. The first-order valence-corrected chi connectivity index (χ1v) is 5.33. The van der Waals surface area contributed by atoms with Gasteiger partial charge in [0.1, 0.15) is 5.69 Å². The van der Waals surface area contributed by atoms with Gasteiger partial charge in [0.15, 0.2) is 0 Å². The molecule has 0 fully saturated rings. The maximum Gasteiger partial charge on any atom is 0.274 e. The van der Waals surface area contributed by atoms with Gasteiger partial charge in [-0.1, -0.05) is 13.8 Å². The number of carbonyl (C=O) groups excluding carboxylic acids is 1. The predicted octanol–water partition coefficient (Wildman–Crippen LogP) is 0.775. The Morgan fingerprint density at radius 2 is 2.25 bits per heavy atom. The number of nitrogens with zero attached hydrogens (tertiary/aromatic N) is 2. The van der Waals surface area contributed by atoms with Crippen molar-refractivity contribution in [2.75, 3.05) is 20.1 Å². The first kappa shape index (κ1) is 12.7. The van der Waals surface area contributed by atoms with Crippen molar-refractivity contribution in [2.45, 2.75) is 20.8 Å². The summed E-state index contributed by atoms with van der Waals surface area (Å²) in [7, 11) is 1.77. The van der Waals surface area contributed by atoms with Crippen molar-refractivity contribution < 1.29 is 4.79 Å². The van der Waals surface area contributed by atoms with E-state index >= 15 is 0 Å². The van der Waals surface area contributed by atoms with Crippen molar-refractivity contribution in [2.24, 2.45) is 11.1 Å². The zero-order chi connectivity index (χ0) is 12.3. The molecule has 1 aromatic heterocycles. The minimum absolute atomic E-state index is 0.0736. The third-order valence-corrected chi connectivity index (χ3v) is 2.49. The second-order valence-electron chi connectivity index (χ2n) is 4.97. The van der Waals surface area contributed by atoms with Gasteiger partial charge >= 0.3 is 0 Å². The monoisotopic (exact) mass is 224 g/mol. The van der Waals surface area contributed by atoms with Gasteiger partial charge in [-0.3, -0.25) is 9.89 Å². The number of nitrogens with one attached hydrogen (secondary N) is 1. The van der Waals surface area contributed by atoms with Crippen molar-refractivity contribution in [3.8, 4) is 0 Å². The lowest BCUT2D eigenvalue weighted by molar-refractivity contribution is 0.0734. The van der Waals surface area contributed by atoms with Crippen molar-refractivity contribution in [3.05, 3.63) is 17.5 Å². The number of carbonyl (C=O) groups is 1. The van der Waals surface area contributed by atoms with E-state index in [0.717, 1.165) is 5.69 Å². The average Bonchev–Trinajstić information content (AvgIpc) is 2.63. The second kappa shape index (κ2) is 4.65. The number of aromatic amines is 1. The van der Waals surface area contributed by atoms with Gasteiger partial charge in [0, 0.05) is 19.3 Å². The average molecular weight is 224 g/mol. The molecule has 0 saturated heterocycles. The Labute approximate surface area is 96.0 Å². The minimum atomic E-state index is -0.0779. The van der Waals surface area contributed by atoms with Crippen LogP contribution in [0.2, 0.25) is 0 Å². The summed E-state index contributed by atoms with van der Waals surface area (Å²) in [4.78, 5) is 13.6. The molecule has 0 spiro atoms. The van der Waals surface area contributed by atoms with Gasteiger partial charge in [0.2, 0.25) is 0 Å². The Hall–Kier alpha value is -1.36. The Bertz CT molecular complexity index is 370. The van der Waals surface area contributed by atoms with E-state index in [2.05, 4.69) is 10.2 Å². The maximum atomic E-state index is 12.0. The Kier molecular flexibility index (Phi) is 3.70. The number of aromatic nitrogens is 2. The molecular weight excluding hydrogens is 204 g/mol. The summed E-state index contributed by atoms with van der Waals surface area (Å²) in [6, 6.07) is 1.74. The molecule has 0 atom stereocenters. The van der Waals surface area contributed by atoms with Crippen molar-refractivity contribution >= 4 is 5.91 Å². The zero-order valence-corrected chi connectivity index (χ0v) is 10.4. The van der Waals surface area contributed by atoms with Gasteiger partial charge in [-0.15, -0.1) is 0 Å².